The Bertz CT molecular complexity index is 948. The van der Waals surface area contributed by atoms with Gasteiger partial charge in [0.15, 0.2) is 0 Å². The summed E-state index contributed by atoms with van der Waals surface area (Å²) < 4.78 is 0. The molecule has 6 heteroatoms. The number of benzene rings is 1. The summed E-state index contributed by atoms with van der Waals surface area (Å²) >= 11 is 1.59. The van der Waals surface area contributed by atoms with Crippen molar-refractivity contribution < 1.29 is 4.79 Å². The van der Waals surface area contributed by atoms with Crippen LogP contribution in [0.4, 0.5) is 0 Å². The zero-order valence-corrected chi connectivity index (χ0v) is 16.6. The molecule has 0 bridgehead atoms. The zero-order valence-electron chi connectivity index (χ0n) is 15.8. The van der Waals surface area contributed by atoms with E-state index in [2.05, 4.69) is 34.1 Å². The Morgan fingerprint density at radius 3 is 2.38 bits per heavy atom. The lowest BCUT2D eigenvalue weighted by molar-refractivity contribution is 0.0932. The van der Waals surface area contributed by atoms with Gasteiger partial charge in [0.05, 0.1) is 28.5 Å². The van der Waals surface area contributed by atoms with E-state index in [1.807, 2.05) is 38.3 Å². The molecule has 136 valence electrons. The van der Waals surface area contributed by atoms with E-state index in [0.717, 1.165) is 39.5 Å². The van der Waals surface area contributed by atoms with Crippen LogP contribution in [0, 0.1) is 26.7 Å². The number of carbonyl (C=O) groups is 1. The van der Waals surface area contributed by atoms with E-state index >= 15 is 0 Å². The normalized spacial score (nSPS) is 12.5. The van der Waals surface area contributed by atoms with Gasteiger partial charge in [0.25, 0.3) is 5.91 Å². The van der Waals surface area contributed by atoms with Crippen molar-refractivity contribution in [3.05, 3.63) is 51.2 Å². The van der Waals surface area contributed by atoms with Crippen LogP contribution in [0.3, 0.4) is 0 Å². The van der Waals surface area contributed by atoms with E-state index < -0.39 is 0 Å². The van der Waals surface area contributed by atoms with Gasteiger partial charge in [0.2, 0.25) is 0 Å². The summed E-state index contributed by atoms with van der Waals surface area (Å²) in [6.07, 6.45) is 0.852. The summed E-state index contributed by atoms with van der Waals surface area (Å²) in [5, 5.41) is 6.12. The van der Waals surface area contributed by atoms with E-state index in [1.165, 1.54) is 0 Å². The fourth-order valence-corrected chi connectivity index (χ4v) is 3.70. The minimum atomic E-state index is -0.106. The Morgan fingerprint density at radius 2 is 1.77 bits per heavy atom. The van der Waals surface area contributed by atoms with E-state index in [9.17, 15) is 4.79 Å². The van der Waals surface area contributed by atoms with Crippen LogP contribution in [0.2, 0.25) is 0 Å². The smallest absolute Gasteiger partial charge is 0.251 e. The number of fused-ring (bicyclic) bond motifs is 1. The molecule has 1 amide bonds. The van der Waals surface area contributed by atoms with Gasteiger partial charge >= 0.3 is 0 Å². The molecule has 0 aliphatic rings. The van der Waals surface area contributed by atoms with Gasteiger partial charge in [-0.2, -0.15) is 0 Å². The molecule has 0 radical (unpaired) electrons. The maximum atomic E-state index is 12.8. The van der Waals surface area contributed by atoms with Gasteiger partial charge in [-0.05, 0) is 51.3 Å². The Morgan fingerprint density at radius 1 is 1.08 bits per heavy atom. The van der Waals surface area contributed by atoms with Crippen molar-refractivity contribution in [2.45, 2.75) is 47.1 Å². The number of nitrogens with zero attached hydrogens (tertiary/aromatic N) is 3. The average Bonchev–Trinajstić information content (AvgIpc) is 3.01. The lowest BCUT2D eigenvalue weighted by atomic mass is 10.0. The number of rotatable bonds is 5. The van der Waals surface area contributed by atoms with E-state index in [4.69, 9.17) is 0 Å². The third kappa shape index (κ3) is 4.07. The molecule has 1 aromatic carbocycles. The minimum Gasteiger partial charge on any atom is -0.343 e. The van der Waals surface area contributed by atoms with Gasteiger partial charge in [0, 0.05) is 16.6 Å². The molecule has 3 aromatic rings. The number of nitrogens with one attached hydrogen (secondary N) is 1. The molecule has 0 spiro atoms. The fourth-order valence-electron chi connectivity index (χ4n) is 2.84. The second-order valence-corrected chi connectivity index (χ2v) is 7.97. The monoisotopic (exact) mass is 368 g/mol. The number of aryl methyl sites for hydroxylation is 3. The van der Waals surface area contributed by atoms with Gasteiger partial charge in [-0.1, -0.05) is 13.8 Å². The number of carbonyl (C=O) groups excluding carboxylic acids is 1. The Balaban J connectivity index is 1.87. The zero-order chi connectivity index (χ0) is 18.8. The summed E-state index contributed by atoms with van der Waals surface area (Å²) in [7, 11) is 0. The van der Waals surface area contributed by atoms with Crippen LogP contribution in [0.25, 0.3) is 11.0 Å². The van der Waals surface area contributed by atoms with Crippen molar-refractivity contribution in [2.75, 3.05) is 0 Å². The summed E-state index contributed by atoms with van der Waals surface area (Å²) in [6, 6.07) is 5.39. The van der Waals surface area contributed by atoms with Crippen molar-refractivity contribution in [1.82, 2.24) is 20.3 Å². The highest BCUT2D eigenvalue weighted by Crippen LogP contribution is 2.25. The van der Waals surface area contributed by atoms with Crippen LogP contribution in [0.5, 0.6) is 0 Å². The fraction of sp³-hybridized carbons (Fsp3) is 0.400. The first kappa shape index (κ1) is 18.5. The molecule has 0 fully saturated rings. The lowest BCUT2D eigenvalue weighted by Gasteiger charge is -2.18. The third-order valence-corrected chi connectivity index (χ3v) is 5.36. The van der Waals surface area contributed by atoms with Crippen molar-refractivity contribution in [3.63, 3.8) is 0 Å². The van der Waals surface area contributed by atoms with Crippen molar-refractivity contribution >= 4 is 28.3 Å². The molecule has 1 atom stereocenters. The number of amides is 1. The first-order chi connectivity index (χ1) is 12.3. The van der Waals surface area contributed by atoms with E-state index in [0.29, 0.717) is 11.5 Å². The molecule has 0 saturated carbocycles. The molecule has 1 N–H and O–H groups in total. The lowest BCUT2D eigenvalue weighted by Crippen LogP contribution is -2.29. The summed E-state index contributed by atoms with van der Waals surface area (Å²) in [5.74, 6) is 0.350. The van der Waals surface area contributed by atoms with Crippen LogP contribution in [-0.4, -0.2) is 20.9 Å². The highest BCUT2D eigenvalue weighted by molar-refractivity contribution is 7.09. The van der Waals surface area contributed by atoms with Gasteiger partial charge < -0.3 is 5.32 Å². The maximum absolute atomic E-state index is 12.8. The SMILES string of the molecule is Cc1csc(C(CC(C)C)NC(=O)c2ccc3nc(C)c(C)nc3c2)n1. The Kier molecular flexibility index (Phi) is 5.32. The van der Waals surface area contributed by atoms with Crippen LogP contribution < -0.4 is 5.32 Å². The molecular formula is C20H24N4OS. The summed E-state index contributed by atoms with van der Waals surface area (Å²) in [4.78, 5) is 26.5. The highest BCUT2D eigenvalue weighted by Gasteiger charge is 2.20. The molecular weight excluding hydrogens is 344 g/mol. The summed E-state index contributed by atoms with van der Waals surface area (Å²) in [5.41, 5.74) is 4.92. The third-order valence-electron chi connectivity index (χ3n) is 4.28. The maximum Gasteiger partial charge on any atom is 0.251 e. The van der Waals surface area contributed by atoms with Crippen LogP contribution >= 0.6 is 11.3 Å². The largest absolute Gasteiger partial charge is 0.343 e. The molecule has 1 unspecified atom stereocenters. The molecule has 26 heavy (non-hydrogen) atoms. The molecule has 2 aromatic heterocycles. The second kappa shape index (κ2) is 7.50. The topological polar surface area (TPSA) is 67.8 Å². The predicted molar refractivity (Wildman–Crippen MR) is 106 cm³/mol. The number of hydrogen-bond acceptors (Lipinski definition) is 5. The second-order valence-electron chi connectivity index (χ2n) is 7.08. The summed E-state index contributed by atoms with van der Waals surface area (Å²) in [6.45, 7) is 10.1. The molecule has 0 saturated heterocycles. The van der Waals surface area contributed by atoms with Gasteiger partial charge in [-0.15, -0.1) is 11.3 Å². The van der Waals surface area contributed by atoms with Crippen LogP contribution in [0.1, 0.15) is 58.8 Å². The van der Waals surface area contributed by atoms with E-state index in [1.54, 1.807) is 17.4 Å². The highest BCUT2D eigenvalue weighted by atomic mass is 32.1. The van der Waals surface area contributed by atoms with Crippen molar-refractivity contribution in [3.8, 4) is 0 Å². The van der Waals surface area contributed by atoms with E-state index in [-0.39, 0.29) is 11.9 Å². The van der Waals surface area contributed by atoms with Crippen LogP contribution in [0.15, 0.2) is 23.6 Å². The van der Waals surface area contributed by atoms with Gasteiger partial charge in [-0.3, -0.25) is 4.79 Å². The predicted octanol–water partition coefficient (Wildman–Crippen LogP) is 4.53. The van der Waals surface area contributed by atoms with Crippen molar-refractivity contribution in [2.24, 2.45) is 5.92 Å². The molecule has 2 heterocycles. The molecule has 0 aliphatic carbocycles. The minimum absolute atomic E-state index is 0.0808. The molecule has 0 aliphatic heterocycles. The Hall–Kier alpha value is -2.34. The molecule has 3 rings (SSSR count). The van der Waals surface area contributed by atoms with Gasteiger partial charge in [0.1, 0.15) is 5.01 Å². The first-order valence-corrected chi connectivity index (χ1v) is 9.69. The average molecular weight is 369 g/mol. The van der Waals surface area contributed by atoms with Crippen LogP contribution in [-0.2, 0) is 0 Å². The standard InChI is InChI=1S/C20H24N4OS/c1-11(2)8-18(20-21-12(3)10-26-20)24-19(25)15-6-7-16-17(9-15)23-14(5)13(4)22-16/h6-7,9-11,18H,8H2,1-5H3,(H,24,25). The quantitative estimate of drug-likeness (QED) is 0.718. The Labute approximate surface area is 157 Å². The van der Waals surface area contributed by atoms with Gasteiger partial charge in [-0.25, -0.2) is 15.0 Å². The number of thiazole rings is 1. The molecule has 5 nitrogen and oxygen atoms in total. The number of aromatic nitrogens is 3. The van der Waals surface area contributed by atoms with Crippen molar-refractivity contribution in [1.29, 1.82) is 0 Å². The number of hydrogen-bond donors (Lipinski definition) is 1. The first-order valence-electron chi connectivity index (χ1n) is 8.81.